The second-order valence-electron chi connectivity index (χ2n) is 5.49. The van der Waals surface area contributed by atoms with Crippen molar-refractivity contribution >= 4 is 5.78 Å². The first-order valence-corrected chi connectivity index (χ1v) is 6.52. The highest BCUT2D eigenvalue weighted by molar-refractivity contribution is 6.09. The number of hydrogen-bond acceptors (Lipinski definition) is 5. The van der Waals surface area contributed by atoms with Crippen LogP contribution in [-0.4, -0.2) is 21.1 Å². The van der Waals surface area contributed by atoms with Crippen molar-refractivity contribution in [3.05, 3.63) is 58.7 Å². The molecule has 2 aliphatic rings. The predicted octanol–water partition coefficient (Wildman–Crippen LogP) is 1.32. The van der Waals surface area contributed by atoms with Gasteiger partial charge in [0.05, 0.1) is 0 Å². The molecule has 0 bridgehead atoms. The highest BCUT2D eigenvalue weighted by Crippen LogP contribution is 2.60. The van der Waals surface area contributed by atoms with Crippen molar-refractivity contribution in [1.82, 2.24) is 0 Å². The van der Waals surface area contributed by atoms with Crippen LogP contribution in [0.1, 0.15) is 27.0 Å². The average Bonchev–Trinajstić information content (AvgIpc) is 2.78. The van der Waals surface area contributed by atoms with E-state index in [1.807, 2.05) is 0 Å². The van der Waals surface area contributed by atoms with E-state index in [2.05, 4.69) is 0 Å². The Labute approximate surface area is 120 Å². The van der Waals surface area contributed by atoms with Crippen molar-refractivity contribution < 1.29 is 24.9 Å². The first-order valence-electron chi connectivity index (χ1n) is 6.52. The van der Waals surface area contributed by atoms with E-state index in [0.29, 0.717) is 5.56 Å². The van der Waals surface area contributed by atoms with Gasteiger partial charge in [0.2, 0.25) is 11.4 Å². The molecule has 21 heavy (non-hydrogen) atoms. The summed E-state index contributed by atoms with van der Waals surface area (Å²) in [5.41, 5.74) is -1.09. The molecule has 0 fully saturated rings. The SMILES string of the molecule is Cc1cc(O)c2c(c1)C1(O)C(=O)c3ccccc3C1(O)O2. The Balaban J connectivity index is 2.08. The van der Waals surface area contributed by atoms with Gasteiger partial charge in [-0.3, -0.25) is 4.79 Å². The number of carbonyl (C=O) groups excluding carboxylic acids is 1. The van der Waals surface area contributed by atoms with Gasteiger partial charge in [0, 0.05) is 16.7 Å². The van der Waals surface area contributed by atoms with Gasteiger partial charge in [-0.25, -0.2) is 0 Å². The van der Waals surface area contributed by atoms with E-state index >= 15 is 0 Å². The molecular weight excluding hydrogens is 272 g/mol. The highest BCUT2D eigenvalue weighted by Gasteiger charge is 2.70. The van der Waals surface area contributed by atoms with Crippen LogP contribution in [0, 0.1) is 6.92 Å². The number of aryl methyl sites for hydroxylation is 1. The minimum absolute atomic E-state index is 0.0616. The van der Waals surface area contributed by atoms with Crippen molar-refractivity contribution in [3.63, 3.8) is 0 Å². The fourth-order valence-electron chi connectivity index (χ4n) is 3.23. The number of phenolic OH excluding ortho intramolecular Hbond substituents is 1. The van der Waals surface area contributed by atoms with Crippen LogP contribution in [0.2, 0.25) is 0 Å². The topological polar surface area (TPSA) is 87.0 Å². The summed E-state index contributed by atoms with van der Waals surface area (Å²) in [4.78, 5) is 12.6. The number of ketones is 1. The van der Waals surface area contributed by atoms with Crippen LogP contribution in [0.5, 0.6) is 11.5 Å². The molecule has 2 atom stereocenters. The molecule has 106 valence electrons. The van der Waals surface area contributed by atoms with Crippen molar-refractivity contribution in [1.29, 1.82) is 0 Å². The molecule has 2 unspecified atom stereocenters. The molecule has 0 spiro atoms. The molecule has 1 heterocycles. The number of aliphatic hydroxyl groups is 2. The van der Waals surface area contributed by atoms with Gasteiger partial charge in [-0.2, -0.15) is 0 Å². The minimum atomic E-state index is -2.24. The summed E-state index contributed by atoms with van der Waals surface area (Å²) in [6.07, 6.45) is 0. The van der Waals surface area contributed by atoms with E-state index < -0.39 is 17.2 Å². The van der Waals surface area contributed by atoms with Gasteiger partial charge >= 0.3 is 0 Å². The second-order valence-corrected chi connectivity index (χ2v) is 5.49. The summed E-state index contributed by atoms with van der Waals surface area (Å²) >= 11 is 0. The molecule has 5 heteroatoms. The molecule has 1 aliphatic carbocycles. The maximum Gasteiger partial charge on any atom is 0.277 e. The summed E-state index contributed by atoms with van der Waals surface area (Å²) in [5.74, 6) is -3.13. The first-order chi connectivity index (χ1) is 9.89. The molecule has 2 aromatic carbocycles. The van der Waals surface area contributed by atoms with Gasteiger partial charge in [-0.05, 0) is 24.6 Å². The molecule has 5 nitrogen and oxygen atoms in total. The van der Waals surface area contributed by atoms with Gasteiger partial charge in [0.15, 0.2) is 11.5 Å². The van der Waals surface area contributed by atoms with Crippen LogP contribution in [0.4, 0.5) is 0 Å². The third kappa shape index (κ3) is 1.17. The quantitative estimate of drug-likeness (QED) is 0.679. The van der Waals surface area contributed by atoms with Gasteiger partial charge in [-0.15, -0.1) is 0 Å². The van der Waals surface area contributed by atoms with E-state index in [9.17, 15) is 20.1 Å². The Morgan fingerprint density at radius 2 is 1.81 bits per heavy atom. The zero-order chi connectivity index (χ0) is 15.0. The summed E-state index contributed by atoms with van der Waals surface area (Å²) in [6, 6.07) is 9.35. The molecule has 0 saturated heterocycles. The number of carbonyl (C=O) groups is 1. The summed E-state index contributed by atoms with van der Waals surface area (Å²) in [5, 5.41) is 31.8. The van der Waals surface area contributed by atoms with Crippen LogP contribution in [0.25, 0.3) is 0 Å². The molecule has 0 saturated carbocycles. The number of rotatable bonds is 0. The van der Waals surface area contributed by atoms with Crippen LogP contribution in [0.3, 0.4) is 0 Å². The van der Waals surface area contributed by atoms with Gasteiger partial charge in [-0.1, -0.05) is 24.3 Å². The van der Waals surface area contributed by atoms with Crippen molar-refractivity contribution in [2.75, 3.05) is 0 Å². The number of benzene rings is 2. The highest BCUT2D eigenvalue weighted by atomic mass is 16.7. The lowest BCUT2D eigenvalue weighted by Gasteiger charge is -2.28. The maximum absolute atomic E-state index is 12.6. The summed E-state index contributed by atoms with van der Waals surface area (Å²) < 4.78 is 5.44. The standard InChI is InChI=1S/C16H12O5/c1-8-6-11-13(12(17)7-8)21-16(20)10-5-3-2-4-9(10)14(18)15(11,16)19/h2-7,17,19-20H,1H3. The predicted molar refractivity (Wildman–Crippen MR) is 72.0 cm³/mol. The Hall–Kier alpha value is -2.37. The average molecular weight is 284 g/mol. The summed E-state index contributed by atoms with van der Waals surface area (Å²) in [6.45, 7) is 1.72. The lowest BCUT2D eigenvalue weighted by atomic mass is 9.86. The molecule has 0 radical (unpaired) electrons. The zero-order valence-corrected chi connectivity index (χ0v) is 11.1. The lowest BCUT2D eigenvalue weighted by Crippen LogP contribution is -2.48. The minimum Gasteiger partial charge on any atom is -0.504 e. The monoisotopic (exact) mass is 284 g/mol. The Morgan fingerprint density at radius 1 is 1.10 bits per heavy atom. The largest absolute Gasteiger partial charge is 0.504 e. The summed E-state index contributed by atoms with van der Waals surface area (Å²) in [7, 11) is 0. The molecule has 4 rings (SSSR count). The molecule has 0 aromatic heterocycles. The van der Waals surface area contributed by atoms with Gasteiger partial charge in [0.1, 0.15) is 0 Å². The van der Waals surface area contributed by atoms with Gasteiger partial charge in [0.25, 0.3) is 5.79 Å². The van der Waals surface area contributed by atoms with Crippen LogP contribution < -0.4 is 4.74 Å². The number of aromatic hydroxyl groups is 1. The number of phenols is 1. The van der Waals surface area contributed by atoms with Gasteiger partial charge < -0.3 is 20.1 Å². The van der Waals surface area contributed by atoms with E-state index in [1.54, 1.807) is 19.1 Å². The Kier molecular flexibility index (Phi) is 2.03. The fraction of sp³-hybridized carbons (Fsp3) is 0.188. The van der Waals surface area contributed by atoms with Crippen LogP contribution >= 0.6 is 0 Å². The van der Waals surface area contributed by atoms with E-state index in [0.717, 1.165) is 0 Å². The van der Waals surface area contributed by atoms with Crippen molar-refractivity contribution in [2.45, 2.75) is 18.3 Å². The second kappa shape index (κ2) is 3.44. The third-order valence-corrected chi connectivity index (χ3v) is 4.21. The zero-order valence-electron chi connectivity index (χ0n) is 11.1. The third-order valence-electron chi connectivity index (χ3n) is 4.21. The Bertz CT molecular complexity index is 812. The molecule has 1 aliphatic heterocycles. The fourth-order valence-corrected chi connectivity index (χ4v) is 3.23. The maximum atomic E-state index is 12.6. The number of ether oxygens (including phenoxy) is 1. The molecule has 3 N–H and O–H groups in total. The Morgan fingerprint density at radius 3 is 2.57 bits per heavy atom. The number of hydrogen-bond donors (Lipinski definition) is 3. The van der Waals surface area contributed by atoms with Crippen molar-refractivity contribution in [3.8, 4) is 11.5 Å². The number of fused-ring (bicyclic) bond motifs is 5. The van der Waals surface area contributed by atoms with Crippen LogP contribution in [0.15, 0.2) is 36.4 Å². The van der Waals surface area contributed by atoms with E-state index in [-0.39, 0.29) is 28.2 Å². The smallest absolute Gasteiger partial charge is 0.277 e. The molecule has 0 amide bonds. The molecular formula is C16H12O5. The lowest BCUT2D eigenvalue weighted by molar-refractivity contribution is -0.224. The van der Waals surface area contributed by atoms with E-state index in [4.69, 9.17) is 4.74 Å². The molecule has 2 aromatic rings. The van der Waals surface area contributed by atoms with Crippen molar-refractivity contribution in [2.24, 2.45) is 0 Å². The van der Waals surface area contributed by atoms with Crippen LogP contribution in [-0.2, 0) is 11.4 Å². The van der Waals surface area contributed by atoms with E-state index in [1.165, 1.54) is 24.3 Å². The normalized spacial score (nSPS) is 28.8. The first kappa shape index (κ1) is 12.4. The number of Topliss-reactive ketones (excluding diaryl/α,β-unsaturated/α-hetero) is 1.